The zero-order valence-corrected chi connectivity index (χ0v) is 16.0. The summed E-state index contributed by atoms with van der Waals surface area (Å²) >= 11 is 0. The first kappa shape index (κ1) is 20.4. The summed E-state index contributed by atoms with van der Waals surface area (Å²) in [7, 11) is -3.95. The average Bonchev–Trinajstić information content (AvgIpc) is 2.91. The fraction of sp³-hybridized carbons (Fsp3) is 0.688. The van der Waals surface area contributed by atoms with Gasteiger partial charge in [0, 0.05) is 19.0 Å². The zero-order valence-electron chi connectivity index (χ0n) is 15.2. The molecule has 2 N–H and O–H groups in total. The van der Waals surface area contributed by atoms with Gasteiger partial charge in [-0.1, -0.05) is 5.16 Å². The fourth-order valence-electron chi connectivity index (χ4n) is 3.33. The number of nitrogens with zero attached hydrogens (tertiary/aromatic N) is 2. The summed E-state index contributed by atoms with van der Waals surface area (Å²) in [6, 6.07) is -1.16. The molecule has 0 aliphatic carbocycles. The average molecular weight is 387 g/mol. The van der Waals surface area contributed by atoms with Crippen LogP contribution in [-0.4, -0.2) is 54.1 Å². The Kier molecular flexibility index (Phi) is 6.40. The van der Waals surface area contributed by atoms with Gasteiger partial charge in [0.15, 0.2) is 5.76 Å². The lowest BCUT2D eigenvalue weighted by Crippen LogP contribution is -2.52. The van der Waals surface area contributed by atoms with Crippen molar-refractivity contribution in [1.29, 1.82) is 0 Å². The SMILES string of the molecule is Cc1noc(C)c1S(=O)(=O)NC(C)C(=O)N1CCCCC1CCC(=O)O. The summed E-state index contributed by atoms with van der Waals surface area (Å²) < 4.78 is 32.4. The van der Waals surface area contributed by atoms with Gasteiger partial charge in [0.05, 0.1) is 6.04 Å². The lowest BCUT2D eigenvalue weighted by Gasteiger charge is -2.37. The van der Waals surface area contributed by atoms with Gasteiger partial charge < -0.3 is 14.5 Å². The summed E-state index contributed by atoms with van der Waals surface area (Å²) in [5, 5.41) is 12.5. The van der Waals surface area contributed by atoms with Gasteiger partial charge in [-0.15, -0.1) is 0 Å². The van der Waals surface area contributed by atoms with Crippen LogP contribution in [0.3, 0.4) is 0 Å². The maximum Gasteiger partial charge on any atom is 0.303 e. The lowest BCUT2D eigenvalue weighted by atomic mass is 9.97. The van der Waals surface area contributed by atoms with Crippen molar-refractivity contribution in [3.63, 3.8) is 0 Å². The third-order valence-corrected chi connectivity index (χ3v) is 6.32. The molecule has 2 rings (SSSR count). The van der Waals surface area contributed by atoms with Crippen LogP contribution < -0.4 is 4.72 Å². The van der Waals surface area contributed by atoms with E-state index in [4.69, 9.17) is 9.63 Å². The molecule has 9 nitrogen and oxygen atoms in total. The fourth-order valence-corrected chi connectivity index (χ4v) is 4.86. The number of sulfonamides is 1. The molecule has 1 aliphatic heterocycles. The summed E-state index contributed by atoms with van der Waals surface area (Å²) in [6.07, 6.45) is 2.81. The first-order valence-corrected chi connectivity index (χ1v) is 10.1. The quantitative estimate of drug-likeness (QED) is 0.719. The van der Waals surface area contributed by atoms with Crippen molar-refractivity contribution in [3.05, 3.63) is 11.5 Å². The Bertz CT molecular complexity index is 753. The monoisotopic (exact) mass is 387 g/mol. The molecule has 0 spiro atoms. The molecule has 2 atom stereocenters. The van der Waals surface area contributed by atoms with Crippen molar-refractivity contribution in [2.24, 2.45) is 0 Å². The topological polar surface area (TPSA) is 130 Å². The minimum absolute atomic E-state index is 0.0202. The van der Waals surface area contributed by atoms with E-state index in [0.29, 0.717) is 13.0 Å². The van der Waals surface area contributed by atoms with Crippen LogP contribution in [0.4, 0.5) is 0 Å². The van der Waals surface area contributed by atoms with Crippen LogP contribution >= 0.6 is 0 Å². The second kappa shape index (κ2) is 8.17. The van der Waals surface area contributed by atoms with Gasteiger partial charge in [-0.2, -0.15) is 4.72 Å². The van der Waals surface area contributed by atoms with Crippen LogP contribution in [0.1, 0.15) is 50.5 Å². The summed E-state index contributed by atoms with van der Waals surface area (Å²) in [5.74, 6) is -1.10. The molecule has 0 radical (unpaired) electrons. The third kappa shape index (κ3) is 4.61. The number of nitrogens with one attached hydrogen (secondary N) is 1. The first-order chi connectivity index (χ1) is 12.1. The predicted octanol–water partition coefficient (Wildman–Crippen LogP) is 1.20. The smallest absolute Gasteiger partial charge is 0.303 e. The van der Waals surface area contributed by atoms with Crippen molar-refractivity contribution in [3.8, 4) is 0 Å². The van der Waals surface area contributed by atoms with Crippen molar-refractivity contribution in [2.75, 3.05) is 6.54 Å². The number of hydrogen-bond acceptors (Lipinski definition) is 6. The van der Waals surface area contributed by atoms with Crippen molar-refractivity contribution in [2.45, 2.75) is 69.9 Å². The molecule has 0 bridgehead atoms. The number of aryl methyl sites for hydroxylation is 2. The number of hydrogen-bond donors (Lipinski definition) is 2. The van der Waals surface area contributed by atoms with Gasteiger partial charge in [-0.3, -0.25) is 9.59 Å². The van der Waals surface area contributed by atoms with Crippen molar-refractivity contribution < 1.29 is 27.6 Å². The molecule has 1 aromatic rings. The highest BCUT2D eigenvalue weighted by Crippen LogP contribution is 2.23. The molecule has 0 saturated carbocycles. The first-order valence-electron chi connectivity index (χ1n) is 8.61. The second-order valence-corrected chi connectivity index (χ2v) is 8.26. The minimum Gasteiger partial charge on any atom is -0.481 e. The van der Waals surface area contributed by atoms with Crippen LogP contribution in [0.25, 0.3) is 0 Å². The van der Waals surface area contributed by atoms with E-state index in [-0.39, 0.29) is 34.7 Å². The molecular weight excluding hydrogens is 362 g/mol. The van der Waals surface area contributed by atoms with Gasteiger partial charge in [0.25, 0.3) is 0 Å². The van der Waals surface area contributed by atoms with Crippen LogP contribution in [0, 0.1) is 13.8 Å². The summed E-state index contributed by atoms with van der Waals surface area (Å²) in [6.45, 7) is 5.00. The highest BCUT2D eigenvalue weighted by atomic mass is 32.2. The molecule has 1 aromatic heterocycles. The van der Waals surface area contributed by atoms with Crippen LogP contribution in [0.2, 0.25) is 0 Å². The molecule has 2 heterocycles. The van der Waals surface area contributed by atoms with E-state index in [1.807, 2.05) is 0 Å². The highest BCUT2D eigenvalue weighted by Gasteiger charge is 2.33. The molecular formula is C16H25N3O6S. The number of likely N-dealkylation sites (tertiary alicyclic amines) is 1. The molecule has 1 saturated heterocycles. The van der Waals surface area contributed by atoms with Gasteiger partial charge in [0.2, 0.25) is 15.9 Å². The zero-order chi connectivity index (χ0) is 19.5. The molecule has 146 valence electrons. The molecule has 2 unspecified atom stereocenters. The normalized spacial score (nSPS) is 19.3. The van der Waals surface area contributed by atoms with Crippen molar-refractivity contribution >= 4 is 21.9 Å². The number of aliphatic carboxylic acids is 1. The van der Waals surface area contributed by atoms with E-state index in [0.717, 1.165) is 19.3 Å². The van der Waals surface area contributed by atoms with Gasteiger partial charge in [-0.05, 0) is 46.5 Å². The van der Waals surface area contributed by atoms with Gasteiger partial charge >= 0.3 is 5.97 Å². The number of carbonyl (C=O) groups is 2. The van der Waals surface area contributed by atoms with Gasteiger partial charge in [-0.25, -0.2) is 8.42 Å². The van der Waals surface area contributed by atoms with E-state index in [1.54, 1.807) is 4.90 Å². The largest absolute Gasteiger partial charge is 0.481 e. The van der Waals surface area contributed by atoms with Crippen molar-refractivity contribution in [1.82, 2.24) is 14.8 Å². The van der Waals surface area contributed by atoms with E-state index < -0.39 is 22.0 Å². The number of aromatic nitrogens is 1. The Hall–Kier alpha value is -1.94. The van der Waals surface area contributed by atoms with E-state index >= 15 is 0 Å². The van der Waals surface area contributed by atoms with Gasteiger partial charge in [0.1, 0.15) is 10.6 Å². The van der Waals surface area contributed by atoms with E-state index in [2.05, 4.69) is 9.88 Å². The molecule has 26 heavy (non-hydrogen) atoms. The predicted molar refractivity (Wildman–Crippen MR) is 92.0 cm³/mol. The standard InChI is InChI=1S/C16H25N3O6S/c1-10-15(12(3)25-17-10)26(23,24)18-11(2)16(22)19-9-5-4-6-13(19)7-8-14(20)21/h11,13,18H,4-9H2,1-3H3,(H,20,21). The van der Waals surface area contributed by atoms with E-state index in [9.17, 15) is 18.0 Å². The van der Waals surface area contributed by atoms with E-state index in [1.165, 1.54) is 20.8 Å². The second-order valence-electron chi connectivity index (χ2n) is 6.61. The van der Waals surface area contributed by atoms with Crippen LogP contribution in [-0.2, 0) is 19.6 Å². The Morgan fingerprint density at radius 2 is 2.08 bits per heavy atom. The molecule has 10 heteroatoms. The molecule has 0 aromatic carbocycles. The minimum atomic E-state index is -3.95. The maximum absolute atomic E-state index is 12.8. The summed E-state index contributed by atoms with van der Waals surface area (Å²) in [5.41, 5.74) is 0.229. The lowest BCUT2D eigenvalue weighted by molar-refractivity contribution is -0.140. The number of carboxylic acids is 1. The number of piperidine rings is 1. The number of rotatable bonds is 7. The Morgan fingerprint density at radius 1 is 1.38 bits per heavy atom. The Balaban J connectivity index is 2.11. The Labute approximate surface area is 152 Å². The highest BCUT2D eigenvalue weighted by molar-refractivity contribution is 7.89. The van der Waals surface area contributed by atoms with Crippen LogP contribution in [0.15, 0.2) is 9.42 Å². The number of carbonyl (C=O) groups excluding carboxylic acids is 1. The molecule has 1 aliphatic rings. The number of carboxylic acid groups (broad SMARTS) is 1. The number of amides is 1. The maximum atomic E-state index is 12.8. The Morgan fingerprint density at radius 3 is 2.65 bits per heavy atom. The summed E-state index contributed by atoms with van der Waals surface area (Å²) in [4.78, 5) is 25.2. The third-order valence-electron chi connectivity index (χ3n) is 4.54. The van der Waals surface area contributed by atoms with Crippen LogP contribution in [0.5, 0.6) is 0 Å². The molecule has 1 fully saturated rings. The molecule has 1 amide bonds.